The number of methoxy groups -OCH3 is 2. The van der Waals surface area contributed by atoms with Crippen molar-refractivity contribution >= 4 is 21.8 Å². The van der Waals surface area contributed by atoms with Crippen molar-refractivity contribution in [3.05, 3.63) is 79.0 Å². The molecule has 0 saturated heterocycles. The summed E-state index contributed by atoms with van der Waals surface area (Å²) in [6, 6.07) is 24.1. The number of aromatic nitrogens is 3. The first kappa shape index (κ1) is 17.3. The molecule has 0 fully saturated rings. The van der Waals surface area contributed by atoms with Crippen molar-refractivity contribution in [2.24, 2.45) is 0 Å². The summed E-state index contributed by atoms with van der Waals surface area (Å²) in [5, 5.41) is 7.04. The van der Waals surface area contributed by atoms with Gasteiger partial charge in [0.15, 0.2) is 11.5 Å². The molecule has 0 N–H and O–H groups in total. The normalized spacial score (nSPS) is 11.1. The zero-order valence-electron chi connectivity index (χ0n) is 16.2. The van der Waals surface area contributed by atoms with Gasteiger partial charge in [0.25, 0.3) is 0 Å². The monoisotopic (exact) mass is 381 g/mol. The number of ether oxygens (including phenoxy) is 2. The molecule has 5 nitrogen and oxygen atoms in total. The van der Waals surface area contributed by atoms with Crippen LogP contribution in [0.1, 0.15) is 0 Å². The minimum atomic E-state index is 0.668. The Kier molecular flexibility index (Phi) is 4.13. The molecule has 3 aromatic carbocycles. The van der Waals surface area contributed by atoms with Crippen molar-refractivity contribution in [2.75, 3.05) is 14.2 Å². The molecule has 5 rings (SSSR count). The number of nitrogens with zero attached hydrogens (tertiary/aromatic N) is 3. The number of fused-ring (bicyclic) bond motifs is 3. The van der Waals surface area contributed by atoms with Crippen molar-refractivity contribution in [3.63, 3.8) is 0 Å². The predicted octanol–water partition coefficient (Wildman–Crippen LogP) is 5.26. The van der Waals surface area contributed by atoms with E-state index in [9.17, 15) is 0 Å². The van der Waals surface area contributed by atoms with E-state index >= 15 is 0 Å². The van der Waals surface area contributed by atoms with E-state index in [1.54, 1.807) is 14.2 Å². The van der Waals surface area contributed by atoms with Crippen molar-refractivity contribution in [3.8, 4) is 28.4 Å². The van der Waals surface area contributed by atoms with Crippen LogP contribution in [0.15, 0.2) is 79.0 Å². The minimum absolute atomic E-state index is 0.668. The van der Waals surface area contributed by atoms with Crippen LogP contribution in [-0.2, 0) is 0 Å². The van der Waals surface area contributed by atoms with Gasteiger partial charge in [-0.1, -0.05) is 36.4 Å². The van der Waals surface area contributed by atoms with Gasteiger partial charge < -0.3 is 9.47 Å². The topological polar surface area (TPSA) is 49.2 Å². The first-order chi connectivity index (χ1) is 14.3. The lowest BCUT2D eigenvalue weighted by atomic mass is 10.1. The molecule has 0 aliphatic rings. The van der Waals surface area contributed by atoms with Crippen molar-refractivity contribution in [1.82, 2.24) is 14.8 Å². The molecule has 0 amide bonds. The third kappa shape index (κ3) is 2.79. The highest BCUT2D eigenvalue weighted by Crippen LogP contribution is 2.37. The maximum absolute atomic E-state index is 5.50. The third-order valence-corrected chi connectivity index (χ3v) is 5.07. The predicted molar refractivity (Wildman–Crippen MR) is 115 cm³/mol. The van der Waals surface area contributed by atoms with E-state index in [1.807, 2.05) is 65.5 Å². The molecule has 2 aromatic heterocycles. The van der Waals surface area contributed by atoms with Gasteiger partial charge >= 0.3 is 0 Å². The number of rotatable bonds is 4. The number of para-hydroxylation sites is 2. The lowest BCUT2D eigenvalue weighted by Gasteiger charge is -2.08. The molecule has 0 unspecified atom stereocenters. The highest BCUT2D eigenvalue weighted by Gasteiger charge is 2.18. The Hall–Kier alpha value is -3.86. The molecule has 0 radical (unpaired) electrons. The van der Waals surface area contributed by atoms with E-state index in [1.165, 1.54) is 0 Å². The molecule has 0 aliphatic carbocycles. The molecule has 0 bridgehead atoms. The van der Waals surface area contributed by atoms with Gasteiger partial charge in [-0.2, -0.15) is 5.10 Å². The van der Waals surface area contributed by atoms with Crippen molar-refractivity contribution in [2.45, 2.75) is 0 Å². The van der Waals surface area contributed by atoms with Gasteiger partial charge in [0.2, 0.25) is 0 Å². The highest BCUT2D eigenvalue weighted by atomic mass is 16.5. The van der Waals surface area contributed by atoms with Crippen LogP contribution in [0.4, 0.5) is 0 Å². The lowest BCUT2D eigenvalue weighted by molar-refractivity contribution is 0.355. The van der Waals surface area contributed by atoms with Crippen LogP contribution in [0.3, 0.4) is 0 Å². The van der Waals surface area contributed by atoms with Gasteiger partial charge in [0, 0.05) is 22.5 Å². The van der Waals surface area contributed by atoms with E-state index in [-0.39, 0.29) is 0 Å². The molecule has 0 atom stereocenters. The number of benzene rings is 3. The maximum Gasteiger partial charge on any atom is 0.161 e. The zero-order valence-corrected chi connectivity index (χ0v) is 16.2. The van der Waals surface area contributed by atoms with E-state index in [0.29, 0.717) is 11.5 Å². The molecular formula is C24H19N3O2. The summed E-state index contributed by atoms with van der Waals surface area (Å²) in [5.41, 5.74) is 4.77. The summed E-state index contributed by atoms with van der Waals surface area (Å²) < 4.78 is 12.9. The second-order valence-corrected chi connectivity index (χ2v) is 6.70. The summed E-state index contributed by atoms with van der Waals surface area (Å²) in [7, 11) is 3.27. The number of hydrogen-bond donors (Lipinski definition) is 0. The Morgan fingerprint density at radius 2 is 1.52 bits per heavy atom. The fourth-order valence-corrected chi connectivity index (χ4v) is 3.68. The molecule has 2 heterocycles. The Labute approximate surface area is 168 Å². The summed E-state index contributed by atoms with van der Waals surface area (Å²) >= 11 is 0. The van der Waals surface area contributed by atoms with Crippen LogP contribution in [0.5, 0.6) is 11.5 Å². The molecular weight excluding hydrogens is 362 g/mol. The Morgan fingerprint density at radius 3 is 2.31 bits per heavy atom. The van der Waals surface area contributed by atoms with Gasteiger partial charge in [-0.3, -0.25) is 4.98 Å². The average molecular weight is 381 g/mol. The van der Waals surface area contributed by atoms with E-state index < -0.39 is 0 Å². The summed E-state index contributed by atoms with van der Waals surface area (Å²) in [6.45, 7) is 0. The van der Waals surface area contributed by atoms with Crippen molar-refractivity contribution < 1.29 is 9.47 Å². The van der Waals surface area contributed by atoms with Crippen LogP contribution in [0.25, 0.3) is 38.8 Å². The van der Waals surface area contributed by atoms with E-state index in [4.69, 9.17) is 14.6 Å². The second kappa shape index (κ2) is 6.95. The van der Waals surface area contributed by atoms with Gasteiger partial charge in [0.1, 0.15) is 5.69 Å². The standard InChI is InChI=1S/C24H19N3O2/c1-28-21-13-12-16(14-22(21)29-2)23-19-15-25-20-11-7-6-10-18(20)24(19)27(26-23)17-8-4-3-5-9-17/h3-15H,1-2H3. The van der Waals surface area contributed by atoms with Gasteiger partial charge in [0.05, 0.1) is 30.9 Å². The van der Waals surface area contributed by atoms with Crippen LogP contribution in [-0.4, -0.2) is 29.0 Å². The Morgan fingerprint density at radius 1 is 0.759 bits per heavy atom. The molecule has 0 aliphatic heterocycles. The van der Waals surface area contributed by atoms with Crippen LogP contribution in [0.2, 0.25) is 0 Å². The fourth-order valence-electron chi connectivity index (χ4n) is 3.68. The van der Waals surface area contributed by atoms with E-state index in [2.05, 4.69) is 23.2 Å². The highest BCUT2D eigenvalue weighted by molar-refractivity contribution is 6.08. The van der Waals surface area contributed by atoms with Crippen LogP contribution in [0, 0.1) is 0 Å². The zero-order chi connectivity index (χ0) is 19.8. The van der Waals surface area contributed by atoms with Gasteiger partial charge in [-0.25, -0.2) is 4.68 Å². The molecule has 0 saturated carbocycles. The number of pyridine rings is 1. The SMILES string of the molecule is COc1ccc(-c2nn(-c3ccccc3)c3c2cnc2ccccc23)cc1OC. The Bertz CT molecular complexity index is 1330. The fraction of sp³-hybridized carbons (Fsp3) is 0.0833. The van der Waals surface area contributed by atoms with E-state index in [0.717, 1.165) is 38.8 Å². The molecule has 5 aromatic rings. The number of hydrogen-bond acceptors (Lipinski definition) is 4. The maximum atomic E-state index is 5.50. The minimum Gasteiger partial charge on any atom is -0.493 e. The van der Waals surface area contributed by atoms with Crippen LogP contribution >= 0.6 is 0 Å². The van der Waals surface area contributed by atoms with Gasteiger partial charge in [-0.15, -0.1) is 0 Å². The summed E-state index contributed by atoms with van der Waals surface area (Å²) in [5.74, 6) is 1.35. The third-order valence-electron chi connectivity index (χ3n) is 5.07. The largest absolute Gasteiger partial charge is 0.493 e. The summed E-state index contributed by atoms with van der Waals surface area (Å²) in [4.78, 5) is 4.67. The van der Waals surface area contributed by atoms with Gasteiger partial charge in [-0.05, 0) is 36.4 Å². The van der Waals surface area contributed by atoms with Crippen molar-refractivity contribution in [1.29, 1.82) is 0 Å². The molecule has 0 spiro atoms. The quantitative estimate of drug-likeness (QED) is 0.426. The first-order valence-electron chi connectivity index (χ1n) is 9.34. The smallest absolute Gasteiger partial charge is 0.161 e. The first-order valence-corrected chi connectivity index (χ1v) is 9.34. The molecule has 29 heavy (non-hydrogen) atoms. The Balaban J connectivity index is 1.85. The average Bonchev–Trinajstić information content (AvgIpc) is 3.19. The molecule has 142 valence electrons. The summed E-state index contributed by atoms with van der Waals surface area (Å²) in [6.07, 6.45) is 1.90. The second-order valence-electron chi connectivity index (χ2n) is 6.70. The molecule has 5 heteroatoms. The van der Waals surface area contributed by atoms with Crippen LogP contribution < -0.4 is 9.47 Å². The lowest BCUT2D eigenvalue weighted by Crippen LogP contribution is -1.97.